The fraction of sp³-hybridized carbons (Fsp3) is 0.769. The Hall–Kier alpha value is -0.860. The van der Waals surface area contributed by atoms with E-state index in [1.165, 1.54) is 0 Å². The third-order valence-electron chi connectivity index (χ3n) is 2.64. The van der Waals surface area contributed by atoms with Gasteiger partial charge in [0.2, 0.25) is 0 Å². The Morgan fingerprint density at radius 2 is 2.25 bits per heavy atom. The van der Waals surface area contributed by atoms with E-state index in [-0.39, 0.29) is 11.8 Å². The molecule has 0 aliphatic heterocycles. The minimum Gasteiger partial charge on any atom is -0.460 e. The Morgan fingerprint density at radius 3 is 2.75 bits per heavy atom. The van der Waals surface area contributed by atoms with Gasteiger partial charge in [-0.05, 0) is 52.4 Å². The Morgan fingerprint density at radius 1 is 1.56 bits per heavy atom. The van der Waals surface area contributed by atoms with Gasteiger partial charge in [-0.25, -0.2) is 4.39 Å². The van der Waals surface area contributed by atoms with Gasteiger partial charge in [0.15, 0.2) is 0 Å². The van der Waals surface area contributed by atoms with Crippen molar-refractivity contribution in [3.05, 3.63) is 11.9 Å². The first-order valence-electron chi connectivity index (χ1n) is 5.93. The monoisotopic (exact) mass is 228 g/mol. The molecule has 0 aromatic carbocycles. The molecule has 0 radical (unpaired) electrons. The summed E-state index contributed by atoms with van der Waals surface area (Å²) in [5, 5.41) is 0. The van der Waals surface area contributed by atoms with Crippen molar-refractivity contribution in [2.45, 2.75) is 58.5 Å². The fourth-order valence-electron chi connectivity index (χ4n) is 1.83. The summed E-state index contributed by atoms with van der Waals surface area (Å²) >= 11 is 0. The van der Waals surface area contributed by atoms with Crippen LogP contribution in [-0.4, -0.2) is 11.6 Å². The first-order valence-corrected chi connectivity index (χ1v) is 5.93. The highest BCUT2D eigenvalue weighted by molar-refractivity contribution is 5.69. The van der Waals surface area contributed by atoms with Crippen LogP contribution in [0.4, 0.5) is 4.39 Å². The Balaban J connectivity index is 2.23. The van der Waals surface area contributed by atoms with Gasteiger partial charge in [0.1, 0.15) is 5.60 Å². The summed E-state index contributed by atoms with van der Waals surface area (Å²) in [6, 6.07) is 0. The largest absolute Gasteiger partial charge is 0.460 e. The zero-order chi connectivity index (χ0) is 12.2. The lowest BCUT2D eigenvalue weighted by molar-refractivity contribution is -0.155. The van der Waals surface area contributed by atoms with Gasteiger partial charge in [0.25, 0.3) is 0 Å². The van der Waals surface area contributed by atoms with Gasteiger partial charge in [-0.1, -0.05) is 6.08 Å². The molecule has 1 rings (SSSR count). The van der Waals surface area contributed by atoms with Crippen LogP contribution in [-0.2, 0) is 9.53 Å². The summed E-state index contributed by atoms with van der Waals surface area (Å²) in [6.45, 7) is 5.59. The Labute approximate surface area is 96.9 Å². The highest BCUT2D eigenvalue weighted by Gasteiger charge is 2.19. The SMILES string of the molecule is CC(C)(C)OC(=O)CCC1CC=C(F)CC1. The third kappa shape index (κ3) is 5.29. The standard InChI is InChI=1S/C13H21FO2/c1-13(2,3)16-12(15)9-6-10-4-7-11(14)8-5-10/h7,10H,4-6,8-9H2,1-3H3. The molecule has 0 N–H and O–H groups in total. The summed E-state index contributed by atoms with van der Waals surface area (Å²) in [4.78, 5) is 11.5. The molecule has 0 bridgehead atoms. The van der Waals surface area contributed by atoms with Crippen LogP contribution in [0.3, 0.4) is 0 Å². The summed E-state index contributed by atoms with van der Waals surface area (Å²) in [6.07, 6.45) is 5.03. The molecule has 1 atom stereocenters. The molecule has 16 heavy (non-hydrogen) atoms. The van der Waals surface area contributed by atoms with E-state index in [9.17, 15) is 9.18 Å². The van der Waals surface area contributed by atoms with E-state index in [0.29, 0.717) is 18.8 Å². The zero-order valence-electron chi connectivity index (χ0n) is 10.4. The molecule has 0 aromatic rings. The second-order valence-corrected chi connectivity index (χ2v) is 5.42. The number of allylic oxidation sites excluding steroid dienone is 2. The van der Waals surface area contributed by atoms with Crippen LogP contribution in [0.5, 0.6) is 0 Å². The highest BCUT2D eigenvalue weighted by Crippen LogP contribution is 2.27. The van der Waals surface area contributed by atoms with Crippen molar-refractivity contribution in [2.24, 2.45) is 5.92 Å². The van der Waals surface area contributed by atoms with Gasteiger partial charge in [-0.2, -0.15) is 0 Å². The lowest BCUT2D eigenvalue weighted by Crippen LogP contribution is -2.24. The lowest BCUT2D eigenvalue weighted by Gasteiger charge is -2.21. The second kappa shape index (κ2) is 5.46. The molecule has 0 spiro atoms. The maximum Gasteiger partial charge on any atom is 0.306 e. The van der Waals surface area contributed by atoms with Gasteiger partial charge in [0, 0.05) is 6.42 Å². The van der Waals surface area contributed by atoms with Crippen molar-refractivity contribution in [1.82, 2.24) is 0 Å². The molecule has 2 nitrogen and oxygen atoms in total. The van der Waals surface area contributed by atoms with Crippen molar-refractivity contribution < 1.29 is 13.9 Å². The van der Waals surface area contributed by atoms with E-state index in [2.05, 4.69) is 0 Å². The molecular weight excluding hydrogens is 207 g/mol. The number of hydrogen-bond donors (Lipinski definition) is 0. The van der Waals surface area contributed by atoms with Gasteiger partial charge >= 0.3 is 5.97 Å². The molecule has 0 amide bonds. The van der Waals surface area contributed by atoms with E-state index in [1.807, 2.05) is 20.8 Å². The van der Waals surface area contributed by atoms with Crippen LogP contribution in [0.1, 0.15) is 52.9 Å². The number of carbonyl (C=O) groups is 1. The average molecular weight is 228 g/mol. The van der Waals surface area contributed by atoms with Crippen molar-refractivity contribution in [2.75, 3.05) is 0 Å². The predicted molar refractivity (Wildman–Crippen MR) is 61.6 cm³/mol. The second-order valence-electron chi connectivity index (χ2n) is 5.42. The number of halogens is 1. The Kier molecular flexibility index (Phi) is 4.51. The number of rotatable bonds is 3. The summed E-state index contributed by atoms with van der Waals surface area (Å²) in [7, 11) is 0. The van der Waals surface area contributed by atoms with E-state index in [1.54, 1.807) is 6.08 Å². The predicted octanol–water partition coefficient (Wildman–Crippen LogP) is 3.76. The molecule has 1 aliphatic rings. The van der Waals surface area contributed by atoms with E-state index >= 15 is 0 Å². The molecule has 0 heterocycles. The van der Waals surface area contributed by atoms with Crippen molar-refractivity contribution in [1.29, 1.82) is 0 Å². The van der Waals surface area contributed by atoms with Gasteiger partial charge in [0.05, 0.1) is 5.83 Å². The highest BCUT2D eigenvalue weighted by atomic mass is 19.1. The molecule has 92 valence electrons. The van der Waals surface area contributed by atoms with Crippen LogP contribution in [0, 0.1) is 5.92 Å². The van der Waals surface area contributed by atoms with Crippen molar-refractivity contribution in [3.63, 3.8) is 0 Å². The molecule has 0 fully saturated rings. The van der Waals surface area contributed by atoms with E-state index < -0.39 is 5.60 Å². The average Bonchev–Trinajstić information content (AvgIpc) is 2.14. The third-order valence-corrected chi connectivity index (χ3v) is 2.64. The smallest absolute Gasteiger partial charge is 0.306 e. The number of esters is 1. The summed E-state index contributed by atoms with van der Waals surface area (Å²) < 4.78 is 18.0. The normalized spacial score (nSPS) is 21.5. The molecule has 1 aliphatic carbocycles. The van der Waals surface area contributed by atoms with Gasteiger partial charge in [-0.3, -0.25) is 4.79 Å². The topological polar surface area (TPSA) is 26.3 Å². The number of ether oxygens (including phenoxy) is 1. The first kappa shape index (κ1) is 13.2. The summed E-state index contributed by atoms with van der Waals surface area (Å²) in [5.74, 6) is 0.281. The Bertz CT molecular complexity index is 276. The fourth-order valence-corrected chi connectivity index (χ4v) is 1.83. The molecule has 3 heteroatoms. The molecular formula is C13H21FO2. The van der Waals surface area contributed by atoms with Crippen molar-refractivity contribution in [3.8, 4) is 0 Å². The zero-order valence-corrected chi connectivity index (χ0v) is 10.4. The van der Waals surface area contributed by atoms with Crippen LogP contribution >= 0.6 is 0 Å². The number of hydrogen-bond acceptors (Lipinski definition) is 2. The van der Waals surface area contributed by atoms with Crippen LogP contribution in [0.2, 0.25) is 0 Å². The number of carbonyl (C=O) groups excluding carboxylic acids is 1. The van der Waals surface area contributed by atoms with Gasteiger partial charge in [-0.15, -0.1) is 0 Å². The first-order chi connectivity index (χ1) is 7.37. The maximum absolute atomic E-state index is 12.7. The van der Waals surface area contributed by atoms with Gasteiger partial charge < -0.3 is 4.74 Å². The minimum absolute atomic E-state index is 0.00600. The lowest BCUT2D eigenvalue weighted by atomic mass is 9.90. The van der Waals surface area contributed by atoms with Crippen molar-refractivity contribution >= 4 is 5.97 Å². The molecule has 1 unspecified atom stereocenters. The minimum atomic E-state index is -0.407. The van der Waals surface area contributed by atoms with Crippen LogP contribution in [0.25, 0.3) is 0 Å². The summed E-state index contributed by atoms with van der Waals surface area (Å²) in [5.41, 5.74) is -0.407. The molecule has 0 saturated carbocycles. The van der Waals surface area contributed by atoms with Crippen LogP contribution in [0.15, 0.2) is 11.9 Å². The van der Waals surface area contributed by atoms with E-state index in [0.717, 1.165) is 19.3 Å². The van der Waals surface area contributed by atoms with E-state index in [4.69, 9.17) is 4.74 Å². The quantitative estimate of drug-likeness (QED) is 0.687. The maximum atomic E-state index is 12.7. The molecule has 0 saturated heterocycles. The van der Waals surface area contributed by atoms with Crippen LogP contribution < -0.4 is 0 Å². The molecule has 0 aromatic heterocycles.